The van der Waals surface area contributed by atoms with Crippen LogP contribution in [0, 0.1) is 0 Å². The number of para-hydroxylation sites is 3. The van der Waals surface area contributed by atoms with E-state index in [1.165, 1.54) is 63.0 Å². The summed E-state index contributed by atoms with van der Waals surface area (Å²) in [5.74, 6) is 0.899. The highest BCUT2D eigenvalue weighted by Crippen LogP contribution is 2.46. The number of hydrogen-bond donors (Lipinski definition) is 1. The van der Waals surface area contributed by atoms with Crippen LogP contribution < -0.4 is 0 Å². The number of benzene rings is 6. The topological polar surface area (TPSA) is 41.0 Å². The van der Waals surface area contributed by atoms with E-state index in [0.717, 1.165) is 40.2 Å². The minimum absolute atomic E-state index is 0.890. The fraction of sp³-hybridized carbons (Fsp3) is 0.0244. The Balaban J connectivity index is 0.987. The van der Waals surface area contributed by atoms with Gasteiger partial charge in [0.05, 0.1) is 31.8 Å². The van der Waals surface area contributed by atoms with Crippen molar-refractivity contribution >= 4 is 74.7 Å². The van der Waals surface area contributed by atoms with Crippen molar-refractivity contribution in [1.82, 2.24) is 9.97 Å². The average Bonchev–Trinajstić information content (AvgIpc) is 3.89. The fourth-order valence-electron chi connectivity index (χ4n) is 6.73. The molecule has 0 bridgehead atoms. The number of aliphatic imine (C=N–C) groups is 1. The predicted octanol–water partition coefficient (Wildman–Crippen LogP) is 11.8. The van der Waals surface area contributed by atoms with Gasteiger partial charge in [-0.2, -0.15) is 0 Å². The van der Waals surface area contributed by atoms with Crippen LogP contribution in [-0.2, 0) is 6.42 Å². The zero-order valence-corrected chi connectivity index (χ0v) is 26.3. The zero-order chi connectivity index (χ0) is 30.2. The molecular weight excluding hydrogens is 599 g/mol. The van der Waals surface area contributed by atoms with Gasteiger partial charge in [0.15, 0.2) is 0 Å². The number of thiophene rings is 2. The SMILES string of the molecule is c1cc(C2=Nc3ccccc3C2)cc(-c2ccc3c(c2)sc2c4ccc(-c5cccc(-c6nc7ccccc7[nH]6)c5)cc4sc32)c1. The molecule has 1 aliphatic rings. The summed E-state index contributed by atoms with van der Waals surface area (Å²) in [7, 11) is 0. The van der Waals surface area contributed by atoms with Gasteiger partial charge >= 0.3 is 0 Å². The molecule has 4 heterocycles. The number of imidazole rings is 1. The quantitative estimate of drug-likeness (QED) is 0.208. The standard InChI is InChI=1S/C41H25N3S2/c1-2-12-33-29(7-1)21-36(42-33)28-10-5-8-24(19-28)26-15-17-31-37(22-26)45-40-32-18-16-27(23-38(32)46-39(31)40)25-9-6-11-30(20-25)41-43-34-13-3-4-14-35(34)44-41/h1-20,22-23H,21H2,(H,43,44). The second-order valence-electron chi connectivity index (χ2n) is 11.9. The summed E-state index contributed by atoms with van der Waals surface area (Å²) >= 11 is 3.81. The molecule has 1 N–H and O–H groups in total. The van der Waals surface area contributed by atoms with Crippen molar-refractivity contribution < 1.29 is 0 Å². The van der Waals surface area contributed by atoms with Gasteiger partial charge in [0.25, 0.3) is 0 Å². The van der Waals surface area contributed by atoms with E-state index < -0.39 is 0 Å². The summed E-state index contributed by atoms with van der Waals surface area (Å²) in [5, 5.41) is 2.67. The third-order valence-corrected chi connectivity index (χ3v) is 11.6. The first kappa shape index (κ1) is 25.9. The Hall–Kier alpha value is -5.36. The van der Waals surface area contributed by atoms with Gasteiger partial charge in [0, 0.05) is 32.2 Å². The van der Waals surface area contributed by atoms with Gasteiger partial charge in [-0.3, -0.25) is 4.99 Å². The first-order valence-electron chi connectivity index (χ1n) is 15.4. The van der Waals surface area contributed by atoms with E-state index in [0.29, 0.717) is 0 Å². The van der Waals surface area contributed by atoms with E-state index in [2.05, 4.69) is 120 Å². The van der Waals surface area contributed by atoms with Crippen molar-refractivity contribution in [2.75, 3.05) is 0 Å². The Labute approximate surface area is 273 Å². The number of hydrogen-bond acceptors (Lipinski definition) is 4. The molecule has 6 aromatic carbocycles. The average molecular weight is 624 g/mol. The molecule has 3 aromatic heterocycles. The molecule has 0 amide bonds. The summed E-state index contributed by atoms with van der Waals surface area (Å²) in [6.07, 6.45) is 0.890. The number of H-pyrrole nitrogens is 1. The summed E-state index contributed by atoms with van der Waals surface area (Å²) in [6, 6.07) is 48.0. The minimum atomic E-state index is 0.890. The van der Waals surface area contributed by atoms with Crippen LogP contribution in [0.15, 0.2) is 138 Å². The highest BCUT2D eigenvalue weighted by atomic mass is 32.1. The number of nitrogens with one attached hydrogen (secondary N) is 1. The van der Waals surface area contributed by atoms with Crippen LogP contribution in [0.4, 0.5) is 5.69 Å². The first-order chi connectivity index (χ1) is 22.7. The summed E-state index contributed by atoms with van der Waals surface area (Å²) in [4.78, 5) is 13.2. The van der Waals surface area contributed by atoms with Crippen molar-refractivity contribution in [3.05, 3.63) is 145 Å². The van der Waals surface area contributed by atoms with E-state index in [-0.39, 0.29) is 0 Å². The van der Waals surface area contributed by atoms with Crippen molar-refractivity contribution in [2.24, 2.45) is 4.99 Å². The van der Waals surface area contributed by atoms with Crippen molar-refractivity contribution in [2.45, 2.75) is 6.42 Å². The molecule has 0 atom stereocenters. The molecule has 10 rings (SSSR count). The van der Waals surface area contributed by atoms with Crippen LogP contribution in [0.3, 0.4) is 0 Å². The van der Waals surface area contributed by atoms with E-state index in [9.17, 15) is 0 Å². The summed E-state index contributed by atoms with van der Waals surface area (Å²) in [5.41, 5.74) is 12.8. The molecule has 216 valence electrons. The molecule has 0 fully saturated rings. The van der Waals surface area contributed by atoms with Crippen LogP contribution in [0.1, 0.15) is 11.1 Å². The summed E-state index contributed by atoms with van der Waals surface area (Å²) in [6.45, 7) is 0. The van der Waals surface area contributed by atoms with E-state index >= 15 is 0 Å². The number of rotatable bonds is 4. The summed E-state index contributed by atoms with van der Waals surface area (Å²) < 4.78 is 5.41. The molecule has 46 heavy (non-hydrogen) atoms. The van der Waals surface area contributed by atoms with Crippen LogP contribution in [0.2, 0.25) is 0 Å². The van der Waals surface area contributed by atoms with Crippen LogP contribution >= 0.6 is 22.7 Å². The predicted molar refractivity (Wildman–Crippen MR) is 197 cm³/mol. The Kier molecular flexibility index (Phi) is 5.68. The van der Waals surface area contributed by atoms with Gasteiger partial charge in [-0.05, 0) is 75.8 Å². The van der Waals surface area contributed by atoms with E-state index in [4.69, 9.17) is 9.98 Å². The van der Waals surface area contributed by atoms with Crippen molar-refractivity contribution in [3.8, 4) is 33.6 Å². The molecule has 1 aliphatic heterocycles. The molecule has 0 spiro atoms. The maximum atomic E-state index is 4.92. The van der Waals surface area contributed by atoms with Crippen LogP contribution in [0.25, 0.3) is 74.2 Å². The third kappa shape index (κ3) is 4.17. The number of fused-ring (bicyclic) bond motifs is 7. The van der Waals surface area contributed by atoms with E-state index in [1.54, 1.807) is 0 Å². The Morgan fingerprint density at radius 3 is 1.85 bits per heavy atom. The maximum absolute atomic E-state index is 4.92. The lowest BCUT2D eigenvalue weighted by molar-refractivity contribution is 1.34. The third-order valence-electron chi connectivity index (χ3n) is 9.08. The Bertz CT molecular complexity index is 2650. The molecule has 0 saturated heterocycles. The zero-order valence-electron chi connectivity index (χ0n) is 24.6. The lowest BCUT2D eigenvalue weighted by atomic mass is 9.98. The van der Waals surface area contributed by atoms with E-state index in [1.807, 2.05) is 40.9 Å². The fourth-order valence-corrected chi connectivity index (χ4v) is 9.46. The highest BCUT2D eigenvalue weighted by molar-refractivity contribution is 7.36. The second kappa shape index (κ2) is 10.1. The van der Waals surface area contributed by atoms with Crippen molar-refractivity contribution in [3.63, 3.8) is 0 Å². The van der Waals surface area contributed by atoms with Crippen molar-refractivity contribution in [1.29, 1.82) is 0 Å². The number of nitrogens with zero attached hydrogens (tertiary/aromatic N) is 2. The second-order valence-corrected chi connectivity index (χ2v) is 14.0. The lowest BCUT2D eigenvalue weighted by Crippen LogP contribution is -2.00. The van der Waals surface area contributed by atoms with Gasteiger partial charge in [-0.25, -0.2) is 4.98 Å². The molecule has 0 aliphatic carbocycles. The van der Waals surface area contributed by atoms with Gasteiger partial charge in [-0.1, -0.05) is 91.0 Å². The molecule has 0 saturated carbocycles. The maximum Gasteiger partial charge on any atom is 0.138 e. The largest absolute Gasteiger partial charge is 0.338 e. The molecule has 0 unspecified atom stereocenters. The van der Waals surface area contributed by atoms with Gasteiger partial charge in [0.2, 0.25) is 0 Å². The van der Waals surface area contributed by atoms with Gasteiger partial charge < -0.3 is 4.98 Å². The smallest absolute Gasteiger partial charge is 0.138 e. The molecule has 9 aromatic rings. The number of aromatic amines is 1. The Morgan fingerprint density at radius 1 is 0.522 bits per heavy atom. The van der Waals surface area contributed by atoms with Crippen LogP contribution in [-0.4, -0.2) is 15.7 Å². The lowest BCUT2D eigenvalue weighted by Gasteiger charge is -2.06. The van der Waals surface area contributed by atoms with Gasteiger partial charge in [0.1, 0.15) is 5.82 Å². The monoisotopic (exact) mass is 623 g/mol. The van der Waals surface area contributed by atoms with Gasteiger partial charge in [-0.15, -0.1) is 22.7 Å². The normalized spacial score (nSPS) is 12.8. The number of aromatic nitrogens is 2. The minimum Gasteiger partial charge on any atom is -0.338 e. The molecular formula is C41H25N3S2. The highest BCUT2D eigenvalue weighted by Gasteiger charge is 2.17. The molecule has 5 heteroatoms. The molecule has 3 nitrogen and oxygen atoms in total. The first-order valence-corrected chi connectivity index (χ1v) is 17.1. The van der Waals surface area contributed by atoms with Crippen LogP contribution in [0.5, 0.6) is 0 Å². The molecule has 0 radical (unpaired) electrons. The Morgan fingerprint density at radius 2 is 1.13 bits per heavy atom.